The minimum Gasteiger partial charge on any atom is -0.465 e. The summed E-state index contributed by atoms with van der Waals surface area (Å²) in [6.45, 7) is 4.44. The number of benzene rings is 1. The van der Waals surface area contributed by atoms with E-state index >= 15 is 0 Å². The topological polar surface area (TPSA) is 89.7 Å². The van der Waals surface area contributed by atoms with E-state index < -0.39 is 16.0 Å². The van der Waals surface area contributed by atoms with Crippen LogP contribution in [0.3, 0.4) is 0 Å². The Morgan fingerprint density at radius 1 is 1.42 bits per heavy atom. The third-order valence-corrected chi connectivity index (χ3v) is 6.48. The van der Waals surface area contributed by atoms with E-state index in [1.165, 1.54) is 17.5 Å². The molecular weight excluding hydrogens is 352 g/mol. The van der Waals surface area contributed by atoms with Crippen molar-refractivity contribution in [3.8, 4) is 0 Å². The molecule has 2 unspecified atom stereocenters. The second kappa shape index (κ2) is 8.29. The average Bonchev–Trinajstić information content (AvgIpc) is 2.54. The van der Waals surface area contributed by atoms with Gasteiger partial charge in [-0.15, -0.1) is 12.4 Å². The summed E-state index contributed by atoms with van der Waals surface area (Å²) in [7, 11) is -2.37. The van der Waals surface area contributed by atoms with Crippen LogP contribution in [-0.4, -0.2) is 44.9 Å². The fourth-order valence-electron chi connectivity index (χ4n) is 2.99. The number of carbonyl (C=O) groups is 1. The Kier molecular flexibility index (Phi) is 7.22. The van der Waals surface area contributed by atoms with Crippen molar-refractivity contribution < 1.29 is 17.9 Å². The Morgan fingerprint density at radius 3 is 2.67 bits per heavy atom. The molecule has 0 saturated carbocycles. The Morgan fingerprint density at radius 2 is 2.08 bits per heavy atom. The van der Waals surface area contributed by atoms with Gasteiger partial charge in [0.2, 0.25) is 10.0 Å². The van der Waals surface area contributed by atoms with E-state index in [0.717, 1.165) is 12.8 Å². The zero-order chi connectivity index (χ0) is 17.2. The van der Waals surface area contributed by atoms with Crippen molar-refractivity contribution >= 4 is 28.4 Å². The highest BCUT2D eigenvalue weighted by atomic mass is 35.5. The second-order valence-electron chi connectivity index (χ2n) is 6.04. The first-order valence-electron chi connectivity index (χ1n) is 7.72. The largest absolute Gasteiger partial charge is 0.465 e. The summed E-state index contributed by atoms with van der Waals surface area (Å²) in [6.07, 6.45) is 1.73. The van der Waals surface area contributed by atoms with Gasteiger partial charge in [-0.25, -0.2) is 13.2 Å². The molecule has 0 amide bonds. The van der Waals surface area contributed by atoms with Crippen LogP contribution in [0.2, 0.25) is 0 Å². The molecule has 6 nitrogen and oxygen atoms in total. The molecule has 0 radical (unpaired) electrons. The van der Waals surface area contributed by atoms with Crippen LogP contribution < -0.4 is 5.73 Å². The smallest absolute Gasteiger partial charge is 0.338 e. The maximum absolute atomic E-state index is 13.0. The number of ether oxygens (including phenoxy) is 1. The average molecular weight is 377 g/mol. The summed E-state index contributed by atoms with van der Waals surface area (Å²) < 4.78 is 32.1. The lowest BCUT2D eigenvalue weighted by atomic mass is 9.93. The summed E-state index contributed by atoms with van der Waals surface area (Å²) >= 11 is 0. The molecule has 1 saturated heterocycles. The van der Waals surface area contributed by atoms with Crippen LogP contribution in [0.5, 0.6) is 0 Å². The number of piperidine rings is 1. The molecule has 0 bridgehead atoms. The number of sulfonamides is 1. The van der Waals surface area contributed by atoms with Crippen LogP contribution in [0.15, 0.2) is 23.1 Å². The number of halogens is 1. The van der Waals surface area contributed by atoms with E-state index in [1.54, 1.807) is 19.1 Å². The van der Waals surface area contributed by atoms with Gasteiger partial charge in [-0.05, 0) is 50.3 Å². The molecule has 8 heteroatoms. The normalized spacial score (nSPS) is 20.1. The van der Waals surface area contributed by atoms with Gasteiger partial charge in [0.05, 0.1) is 17.6 Å². The van der Waals surface area contributed by atoms with Crippen molar-refractivity contribution in [2.24, 2.45) is 11.7 Å². The van der Waals surface area contributed by atoms with Crippen molar-refractivity contribution in [2.75, 3.05) is 20.2 Å². The number of hydrogen-bond donors (Lipinski definition) is 1. The third kappa shape index (κ3) is 4.08. The molecule has 2 N–H and O–H groups in total. The Labute approximate surface area is 149 Å². The summed E-state index contributed by atoms with van der Waals surface area (Å²) in [5.41, 5.74) is 6.63. The lowest BCUT2D eigenvalue weighted by Gasteiger charge is -2.34. The maximum atomic E-state index is 13.0. The highest BCUT2D eigenvalue weighted by molar-refractivity contribution is 7.89. The SMILES string of the molecule is COC(=O)c1cccc(S(=O)(=O)N2CCCC(C(C)N)C2)c1C.Cl. The van der Waals surface area contributed by atoms with Crippen LogP contribution in [0.25, 0.3) is 0 Å². The zero-order valence-corrected chi connectivity index (χ0v) is 15.8. The molecule has 1 aliphatic rings. The number of rotatable bonds is 4. The van der Waals surface area contributed by atoms with Crippen LogP contribution in [0, 0.1) is 12.8 Å². The van der Waals surface area contributed by atoms with E-state index in [1.807, 2.05) is 6.92 Å². The predicted octanol–water partition coefficient (Wildman–Crippen LogP) is 1.95. The van der Waals surface area contributed by atoms with Crippen molar-refractivity contribution in [2.45, 2.75) is 37.6 Å². The van der Waals surface area contributed by atoms with Crippen molar-refractivity contribution in [3.05, 3.63) is 29.3 Å². The lowest BCUT2D eigenvalue weighted by molar-refractivity contribution is 0.0599. The van der Waals surface area contributed by atoms with E-state index in [9.17, 15) is 13.2 Å². The van der Waals surface area contributed by atoms with Gasteiger partial charge in [0.1, 0.15) is 0 Å². The molecule has 1 aromatic rings. The highest BCUT2D eigenvalue weighted by Gasteiger charge is 2.33. The number of methoxy groups -OCH3 is 1. The molecule has 1 aromatic carbocycles. The minimum atomic E-state index is -3.65. The fourth-order valence-corrected chi connectivity index (χ4v) is 4.77. The summed E-state index contributed by atoms with van der Waals surface area (Å²) in [4.78, 5) is 11.9. The van der Waals surface area contributed by atoms with Gasteiger partial charge >= 0.3 is 5.97 Å². The van der Waals surface area contributed by atoms with Crippen molar-refractivity contribution in [3.63, 3.8) is 0 Å². The molecule has 2 rings (SSSR count). The van der Waals surface area contributed by atoms with Gasteiger partial charge in [0, 0.05) is 19.1 Å². The van der Waals surface area contributed by atoms with Gasteiger partial charge in [0.25, 0.3) is 0 Å². The quantitative estimate of drug-likeness (QED) is 0.811. The zero-order valence-electron chi connectivity index (χ0n) is 14.2. The van der Waals surface area contributed by atoms with Gasteiger partial charge in [-0.1, -0.05) is 6.07 Å². The first-order chi connectivity index (χ1) is 10.8. The molecule has 1 fully saturated rings. The number of hydrogen-bond acceptors (Lipinski definition) is 5. The van der Waals surface area contributed by atoms with Gasteiger partial charge in [0.15, 0.2) is 0 Å². The van der Waals surface area contributed by atoms with E-state index in [0.29, 0.717) is 18.7 Å². The van der Waals surface area contributed by atoms with Gasteiger partial charge in [-0.3, -0.25) is 0 Å². The van der Waals surface area contributed by atoms with Crippen molar-refractivity contribution in [1.29, 1.82) is 0 Å². The second-order valence-corrected chi connectivity index (χ2v) is 7.95. The molecule has 24 heavy (non-hydrogen) atoms. The van der Waals surface area contributed by atoms with Crippen LogP contribution in [-0.2, 0) is 14.8 Å². The molecule has 1 heterocycles. The number of esters is 1. The first kappa shape index (κ1) is 20.9. The van der Waals surface area contributed by atoms with E-state index in [4.69, 9.17) is 10.5 Å². The lowest BCUT2D eigenvalue weighted by Crippen LogP contribution is -2.45. The number of nitrogens with zero attached hydrogens (tertiary/aromatic N) is 1. The van der Waals surface area contributed by atoms with Crippen LogP contribution in [0.1, 0.15) is 35.7 Å². The third-order valence-electron chi connectivity index (χ3n) is 4.47. The molecule has 2 atom stereocenters. The monoisotopic (exact) mass is 376 g/mol. The summed E-state index contributed by atoms with van der Waals surface area (Å²) in [5.74, 6) is -0.380. The maximum Gasteiger partial charge on any atom is 0.338 e. The summed E-state index contributed by atoms with van der Waals surface area (Å²) in [5, 5.41) is 0. The van der Waals surface area contributed by atoms with Crippen LogP contribution in [0.4, 0.5) is 0 Å². The van der Waals surface area contributed by atoms with Crippen molar-refractivity contribution in [1.82, 2.24) is 4.31 Å². The molecular formula is C16H25ClN2O4S. The molecule has 0 aromatic heterocycles. The Balaban J connectivity index is 0.00000288. The Hall–Kier alpha value is -1.15. The highest BCUT2D eigenvalue weighted by Crippen LogP contribution is 2.28. The first-order valence-corrected chi connectivity index (χ1v) is 9.16. The predicted molar refractivity (Wildman–Crippen MR) is 94.9 cm³/mol. The fraction of sp³-hybridized carbons (Fsp3) is 0.562. The number of nitrogens with two attached hydrogens (primary N) is 1. The minimum absolute atomic E-state index is 0. The van der Waals surface area contributed by atoms with Crippen LogP contribution >= 0.6 is 12.4 Å². The van der Waals surface area contributed by atoms with E-state index in [-0.39, 0.29) is 34.8 Å². The molecule has 0 spiro atoms. The number of carbonyl (C=O) groups excluding carboxylic acids is 1. The molecule has 0 aliphatic carbocycles. The summed E-state index contributed by atoms with van der Waals surface area (Å²) in [6, 6.07) is 4.63. The van der Waals surface area contributed by atoms with E-state index in [2.05, 4.69) is 0 Å². The molecule has 136 valence electrons. The Bertz CT molecular complexity index is 691. The van der Waals surface area contributed by atoms with Gasteiger partial charge < -0.3 is 10.5 Å². The molecule has 1 aliphatic heterocycles. The standard InChI is InChI=1S/C16H24N2O4S.ClH/c1-11-14(16(19)22-3)7-4-8-15(11)23(20,21)18-9-5-6-13(10-18)12(2)17;/h4,7-8,12-13H,5-6,9-10,17H2,1-3H3;1H. The van der Waals surface area contributed by atoms with Gasteiger partial charge in [-0.2, -0.15) is 4.31 Å².